The lowest BCUT2D eigenvalue weighted by molar-refractivity contribution is -0.163. The molecule has 3 atom stereocenters. The van der Waals surface area contributed by atoms with Crippen molar-refractivity contribution < 1.29 is 14.6 Å². The summed E-state index contributed by atoms with van der Waals surface area (Å²) in [6.07, 6.45) is 0.0413. The molecule has 19 heavy (non-hydrogen) atoms. The minimum atomic E-state index is -0.526. The third kappa shape index (κ3) is 2.54. The van der Waals surface area contributed by atoms with Gasteiger partial charge in [-0.25, -0.2) is 0 Å². The van der Waals surface area contributed by atoms with Crippen LogP contribution in [0.3, 0.4) is 0 Å². The van der Waals surface area contributed by atoms with E-state index >= 15 is 0 Å². The lowest BCUT2D eigenvalue weighted by atomic mass is 10.1. The third-order valence-corrected chi connectivity index (χ3v) is 3.90. The molecule has 4 heteroatoms. The number of ether oxygens (including phenoxy) is 2. The molecule has 2 aliphatic rings. The van der Waals surface area contributed by atoms with E-state index in [1.807, 2.05) is 32.0 Å². The van der Waals surface area contributed by atoms with Crippen LogP contribution in [0.4, 0.5) is 0 Å². The summed E-state index contributed by atoms with van der Waals surface area (Å²) in [6, 6.07) is 10.3. The van der Waals surface area contributed by atoms with Crippen molar-refractivity contribution in [2.45, 2.75) is 44.4 Å². The topological polar surface area (TPSA) is 41.9 Å². The summed E-state index contributed by atoms with van der Waals surface area (Å²) in [5.41, 5.74) is 1.25. The fraction of sp³-hybridized carbons (Fsp3) is 0.600. The first kappa shape index (κ1) is 13.1. The highest BCUT2D eigenvalue weighted by Gasteiger charge is 2.51. The lowest BCUT2D eigenvalue weighted by Crippen LogP contribution is -2.40. The first-order valence-corrected chi connectivity index (χ1v) is 6.83. The summed E-state index contributed by atoms with van der Waals surface area (Å²) in [5.74, 6) is -0.526. The fourth-order valence-corrected chi connectivity index (χ4v) is 3.12. The lowest BCUT2D eigenvalue weighted by Gasteiger charge is -2.28. The van der Waals surface area contributed by atoms with Crippen LogP contribution < -0.4 is 0 Å². The zero-order valence-electron chi connectivity index (χ0n) is 11.5. The summed E-state index contributed by atoms with van der Waals surface area (Å²) >= 11 is 0. The molecule has 1 N–H and O–H groups in total. The van der Waals surface area contributed by atoms with Gasteiger partial charge in [-0.15, -0.1) is 0 Å². The van der Waals surface area contributed by atoms with Gasteiger partial charge in [-0.1, -0.05) is 30.3 Å². The van der Waals surface area contributed by atoms with E-state index in [1.165, 1.54) is 5.56 Å². The zero-order chi connectivity index (χ0) is 13.5. The van der Waals surface area contributed by atoms with E-state index in [0.717, 1.165) is 13.1 Å². The Kier molecular flexibility index (Phi) is 3.35. The molecule has 0 spiro atoms. The van der Waals surface area contributed by atoms with Crippen molar-refractivity contribution >= 4 is 0 Å². The van der Waals surface area contributed by atoms with Gasteiger partial charge in [0, 0.05) is 13.1 Å². The van der Waals surface area contributed by atoms with Crippen LogP contribution in [0.25, 0.3) is 0 Å². The second-order valence-electron chi connectivity index (χ2n) is 5.80. The number of hydrogen-bond acceptors (Lipinski definition) is 4. The van der Waals surface area contributed by atoms with Gasteiger partial charge in [-0.2, -0.15) is 0 Å². The Morgan fingerprint density at radius 3 is 2.68 bits per heavy atom. The molecular weight excluding hydrogens is 242 g/mol. The molecule has 104 valence electrons. The molecule has 0 radical (unpaired) electrons. The van der Waals surface area contributed by atoms with Crippen molar-refractivity contribution in [3.05, 3.63) is 35.9 Å². The van der Waals surface area contributed by atoms with Crippen LogP contribution in [0.2, 0.25) is 0 Å². The summed E-state index contributed by atoms with van der Waals surface area (Å²) in [5, 5.41) is 9.65. The minimum absolute atomic E-state index is 0.0204. The molecule has 1 aromatic rings. The Balaban J connectivity index is 1.72. The van der Waals surface area contributed by atoms with E-state index in [-0.39, 0.29) is 24.9 Å². The summed E-state index contributed by atoms with van der Waals surface area (Å²) in [7, 11) is 0. The van der Waals surface area contributed by atoms with Gasteiger partial charge in [0.05, 0.1) is 12.6 Å². The zero-order valence-corrected chi connectivity index (χ0v) is 11.5. The van der Waals surface area contributed by atoms with E-state index in [0.29, 0.717) is 0 Å². The number of hydrogen-bond donors (Lipinski definition) is 1. The highest BCUT2D eigenvalue weighted by Crippen LogP contribution is 2.37. The maximum Gasteiger partial charge on any atom is 0.163 e. The molecule has 0 bridgehead atoms. The monoisotopic (exact) mass is 263 g/mol. The second kappa shape index (κ2) is 4.87. The molecule has 0 unspecified atom stereocenters. The summed E-state index contributed by atoms with van der Waals surface area (Å²) in [4.78, 5) is 2.25. The van der Waals surface area contributed by atoms with Crippen molar-refractivity contribution in [1.29, 1.82) is 0 Å². The number of nitrogens with zero attached hydrogens (tertiary/aromatic N) is 1. The fourth-order valence-electron chi connectivity index (χ4n) is 3.12. The molecule has 2 heterocycles. The van der Waals surface area contributed by atoms with Crippen LogP contribution in [0.15, 0.2) is 30.3 Å². The maximum atomic E-state index is 9.65. The molecule has 1 aromatic carbocycles. The first-order chi connectivity index (χ1) is 9.09. The Bertz CT molecular complexity index is 434. The standard InChI is InChI=1S/C15H21NO3/c1-15(2)18-13-9-16(12(10-17)14(13)19-15)8-11-6-4-3-5-7-11/h3-7,12-14,17H,8-10H2,1-2H3/t12-,13+,14+/m1/s1. The van der Waals surface area contributed by atoms with Crippen LogP contribution in [0, 0.1) is 0 Å². The van der Waals surface area contributed by atoms with Gasteiger partial charge >= 0.3 is 0 Å². The smallest absolute Gasteiger partial charge is 0.163 e. The Labute approximate surface area is 113 Å². The number of fused-ring (bicyclic) bond motifs is 1. The van der Waals surface area contributed by atoms with Gasteiger partial charge < -0.3 is 14.6 Å². The SMILES string of the molecule is CC1(C)O[C@@H]2[C@H](CN(Cc3ccccc3)[C@@H]2CO)O1. The normalized spacial score (nSPS) is 33.5. The molecule has 2 aliphatic heterocycles. The van der Waals surface area contributed by atoms with Gasteiger partial charge in [0.1, 0.15) is 12.2 Å². The molecule has 0 aromatic heterocycles. The molecule has 2 fully saturated rings. The van der Waals surface area contributed by atoms with Crippen LogP contribution in [0.1, 0.15) is 19.4 Å². The minimum Gasteiger partial charge on any atom is -0.395 e. The van der Waals surface area contributed by atoms with Gasteiger partial charge in [0.2, 0.25) is 0 Å². The van der Waals surface area contributed by atoms with E-state index in [9.17, 15) is 5.11 Å². The van der Waals surface area contributed by atoms with Gasteiger partial charge in [-0.05, 0) is 19.4 Å². The number of rotatable bonds is 3. The number of benzene rings is 1. The van der Waals surface area contributed by atoms with Crippen molar-refractivity contribution in [3.8, 4) is 0 Å². The highest BCUT2D eigenvalue weighted by molar-refractivity contribution is 5.15. The van der Waals surface area contributed by atoms with Crippen molar-refractivity contribution in [2.75, 3.05) is 13.2 Å². The predicted octanol–water partition coefficient (Wildman–Crippen LogP) is 1.38. The molecule has 3 rings (SSSR count). The van der Waals surface area contributed by atoms with E-state index in [1.54, 1.807) is 0 Å². The van der Waals surface area contributed by atoms with Crippen LogP contribution in [0.5, 0.6) is 0 Å². The Hall–Kier alpha value is -0.940. The molecule has 0 saturated carbocycles. The summed E-state index contributed by atoms with van der Waals surface area (Å²) < 4.78 is 11.8. The molecule has 2 saturated heterocycles. The van der Waals surface area contributed by atoms with Crippen molar-refractivity contribution in [1.82, 2.24) is 4.90 Å². The van der Waals surface area contributed by atoms with Crippen LogP contribution in [-0.4, -0.2) is 47.2 Å². The largest absolute Gasteiger partial charge is 0.395 e. The molecule has 0 amide bonds. The van der Waals surface area contributed by atoms with Gasteiger partial charge in [-0.3, -0.25) is 4.90 Å². The summed E-state index contributed by atoms with van der Waals surface area (Å²) in [6.45, 7) is 5.61. The van der Waals surface area contributed by atoms with E-state index < -0.39 is 5.79 Å². The van der Waals surface area contributed by atoms with Crippen LogP contribution in [-0.2, 0) is 16.0 Å². The molecule has 0 aliphatic carbocycles. The predicted molar refractivity (Wildman–Crippen MR) is 71.6 cm³/mol. The average molecular weight is 263 g/mol. The quantitative estimate of drug-likeness (QED) is 0.894. The third-order valence-electron chi connectivity index (χ3n) is 3.90. The van der Waals surface area contributed by atoms with E-state index in [2.05, 4.69) is 17.0 Å². The van der Waals surface area contributed by atoms with E-state index in [4.69, 9.17) is 9.47 Å². The second-order valence-corrected chi connectivity index (χ2v) is 5.80. The van der Waals surface area contributed by atoms with Gasteiger partial charge in [0.15, 0.2) is 5.79 Å². The molecule has 4 nitrogen and oxygen atoms in total. The number of likely N-dealkylation sites (tertiary alicyclic amines) is 1. The highest BCUT2D eigenvalue weighted by atomic mass is 16.8. The van der Waals surface area contributed by atoms with Gasteiger partial charge in [0.25, 0.3) is 0 Å². The van der Waals surface area contributed by atoms with Crippen molar-refractivity contribution in [2.24, 2.45) is 0 Å². The first-order valence-electron chi connectivity index (χ1n) is 6.83. The van der Waals surface area contributed by atoms with Crippen LogP contribution >= 0.6 is 0 Å². The average Bonchev–Trinajstić information content (AvgIpc) is 2.81. The Morgan fingerprint density at radius 2 is 2.00 bits per heavy atom. The van der Waals surface area contributed by atoms with Crippen molar-refractivity contribution in [3.63, 3.8) is 0 Å². The Morgan fingerprint density at radius 1 is 1.26 bits per heavy atom. The number of aliphatic hydroxyl groups excluding tert-OH is 1. The maximum absolute atomic E-state index is 9.65. The molecular formula is C15H21NO3. The number of aliphatic hydroxyl groups is 1.